The number of ether oxygens (including phenoxy) is 1. The molecule has 0 radical (unpaired) electrons. The second-order valence-corrected chi connectivity index (χ2v) is 12.3. The molecular weight excluding hydrogens is 516 g/mol. The maximum absolute atomic E-state index is 15.4. The first-order valence-electron chi connectivity index (χ1n) is 11.1. The Bertz CT molecular complexity index is 1410. The zero-order valence-corrected chi connectivity index (χ0v) is 21.2. The number of hydrogen-bond acceptors (Lipinski definition) is 5. The van der Waals surface area contributed by atoms with Gasteiger partial charge in [-0.05, 0) is 73.2 Å². The molecule has 10 heteroatoms. The van der Waals surface area contributed by atoms with Gasteiger partial charge in [0.05, 0.1) is 21.6 Å². The number of fused-ring (bicyclic) bond motifs is 3. The Balaban J connectivity index is 1.67. The molecule has 2 aromatic carbocycles. The van der Waals surface area contributed by atoms with Gasteiger partial charge in [-0.25, -0.2) is 17.2 Å². The minimum atomic E-state index is -3.98. The molecule has 2 aliphatic heterocycles. The minimum absolute atomic E-state index is 0.0254. The van der Waals surface area contributed by atoms with Crippen molar-refractivity contribution in [1.82, 2.24) is 4.90 Å². The summed E-state index contributed by atoms with van der Waals surface area (Å²) in [6, 6.07) is 8.73. The third-order valence-corrected chi connectivity index (χ3v) is 10.1. The Hall–Kier alpha value is -2.49. The van der Waals surface area contributed by atoms with Crippen LogP contribution in [0.4, 0.5) is 8.78 Å². The number of carbonyl (C=O) groups excluding carboxylic acids is 1. The molecule has 1 saturated heterocycles. The van der Waals surface area contributed by atoms with Crippen LogP contribution >= 0.6 is 22.9 Å². The molecule has 2 aliphatic rings. The Morgan fingerprint density at radius 1 is 1.17 bits per heavy atom. The van der Waals surface area contributed by atoms with E-state index >= 15 is 4.39 Å². The number of rotatable bonds is 4. The van der Waals surface area contributed by atoms with Gasteiger partial charge in [-0.1, -0.05) is 11.6 Å². The van der Waals surface area contributed by atoms with Crippen molar-refractivity contribution in [3.05, 3.63) is 80.5 Å². The van der Waals surface area contributed by atoms with Crippen molar-refractivity contribution >= 4 is 38.7 Å². The Morgan fingerprint density at radius 2 is 1.89 bits per heavy atom. The summed E-state index contributed by atoms with van der Waals surface area (Å²) >= 11 is 7.23. The number of halogens is 3. The number of nitrogens with zero attached hydrogens (tertiary/aromatic N) is 1. The molecule has 35 heavy (non-hydrogen) atoms. The van der Waals surface area contributed by atoms with Gasteiger partial charge in [-0.3, -0.25) is 4.79 Å². The predicted octanol–water partition coefficient (Wildman–Crippen LogP) is 5.40. The van der Waals surface area contributed by atoms with E-state index < -0.39 is 38.7 Å². The fraction of sp³-hybridized carbons (Fsp3) is 0.320. The lowest BCUT2D eigenvalue weighted by molar-refractivity contribution is 0.0178. The highest BCUT2D eigenvalue weighted by Gasteiger charge is 2.55. The Labute approximate surface area is 211 Å². The second kappa shape index (κ2) is 8.87. The van der Waals surface area contributed by atoms with E-state index in [-0.39, 0.29) is 35.1 Å². The monoisotopic (exact) mass is 537 g/mol. The van der Waals surface area contributed by atoms with Crippen LogP contribution in [-0.2, 0) is 15.3 Å². The van der Waals surface area contributed by atoms with Gasteiger partial charge in [0, 0.05) is 22.5 Å². The van der Waals surface area contributed by atoms with Gasteiger partial charge in [0.1, 0.15) is 12.4 Å². The van der Waals surface area contributed by atoms with Crippen molar-refractivity contribution in [2.24, 2.45) is 0 Å². The summed E-state index contributed by atoms with van der Waals surface area (Å²) in [6.07, 6.45) is 0.687. The summed E-state index contributed by atoms with van der Waals surface area (Å²) < 4.78 is 63.1. The summed E-state index contributed by atoms with van der Waals surface area (Å²) in [7, 11) is -3.98. The molecule has 0 N–H and O–H groups in total. The zero-order valence-electron chi connectivity index (χ0n) is 18.8. The average Bonchev–Trinajstić information content (AvgIpc) is 3.25. The summed E-state index contributed by atoms with van der Waals surface area (Å²) in [5.41, 5.74) is -0.705. The third-order valence-electron chi connectivity index (χ3n) is 6.92. The molecule has 5 rings (SSSR count). The SMILES string of the molecule is Cc1ccsc1C(=O)N1CCC[C@]2(CS(=O)(=O)c3ccc(Cl)cc3)c3c(F)ccc(F)c3OC[C@H]12. The van der Waals surface area contributed by atoms with E-state index in [1.54, 1.807) is 4.90 Å². The highest BCUT2D eigenvalue weighted by Crippen LogP contribution is 2.50. The molecule has 5 nitrogen and oxygen atoms in total. The van der Waals surface area contributed by atoms with Crippen LogP contribution < -0.4 is 4.74 Å². The first-order valence-corrected chi connectivity index (χ1v) is 14.0. The molecule has 1 amide bonds. The predicted molar refractivity (Wildman–Crippen MR) is 130 cm³/mol. The second-order valence-electron chi connectivity index (χ2n) is 8.96. The Kier molecular flexibility index (Phi) is 6.14. The van der Waals surface area contributed by atoms with Crippen molar-refractivity contribution in [3.63, 3.8) is 0 Å². The highest BCUT2D eigenvalue weighted by molar-refractivity contribution is 7.91. The number of carbonyl (C=O) groups is 1. The first-order chi connectivity index (χ1) is 16.6. The molecule has 3 aromatic rings. The molecule has 0 bridgehead atoms. The van der Waals surface area contributed by atoms with Crippen LogP contribution in [0, 0.1) is 18.6 Å². The standard InChI is InChI=1S/C25H22ClF2NO4S2/c1-15-9-12-34-23(15)24(30)29-11-2-10-25(14-35(31,32)17-5-3-16(26)4-6-17)20(29)13-33-22-19(28)8-7-18(27)21(22)25/h3-9,12,20H,2,10-11,13-14H2,1H3/t20-,25+/m0/s1. The quantitative estimate of drug-likeness (QED) is 0.447. The molecule has 0 aliphatic carbocycles. The number of hydrogen-bond donors (Lipinski definition) is 0. The van der Waals surface area contributed by atoms with Gasteiger partial charge in [0.2, 0.25) is 0 Å². The van der Waals surface area contributed by atoms with Crippen LogP contribution in [0.15, 0.2) is 52.7 Å². The van der Waals surface area contributed by atoms with Gasteiger partial charge in [0.15, 0.2) is 21.4 Å². The van der Waals surface area contributed by atoms with Crippen molar-refractivity contribution in [1.29, 1.82) is 0 Å². The van der Waals surface area contributed by atoms with Crippen LogP contribution in [0.5, 0.6) is 5.75 Å². The first kappa shape index (κ1) is 24.2. The fourth-order valence-corrected chi connectivity index (χ4v) is 8.18. The summed E-state index contributed by atoms with van der Waals surface area (Å²) in [5, 5.41) is 2.19. The van der Waals surface area contributed by atoms with Gasteiger partial charge < -0.3 is 9.64 Å². The normalized spacial score (nSPS) is 21.7. The molecular formula is C25H22ClF2NO4S2. The minimum Gasteiger partial charge on any atom is -0.488 e. The summed E-state index contributed by atoms with van der Waals surface area (Å²) in [5.74, 6) is -2.57. The van der Waals surface area contributed by atoms with E-state index in [0.717, 1.165) is 17.7 Å². The molecule has 0 saturated carbocycles. The molecule has 3 heterocycles. The number of sulfone groups is 1. The lowest BCUT2D eigenvalue weighted by Gasteiger charge is -2.52. The van der Waals surface area contributed by atoms with Crippen LogP contribution in [0.25, 0.3) is 0 Å². The number of amides is 1. The van der Waals surface area contributed by atoms with Crippen molar-refractivity contribution in [3.8, 4) is 5.75 Å². The smallest absolute Gasteiger partial charge is 0.264 e. The summed E-state index contributed by atoms with van der Waals surface area (Å²) in [6.45, 7) is 2.05. The fourth-order valence-electron chi connectivity index (χ4n) is 5.30. The van der Waals surface area contributed by atoms with E-state index in [1.807, 2.05) is 18.4 Å². The van der Waals surface area contributed by atoms with E-state index in [1.165, 1.54) is 35.6 Å². The largest absolute Gasteiger partial charge is 0.488 e. The van der Waals surface area contributed by atoms with Crippen molar-refractivity contribution in [2.45, 2.75) is 36.1 Å². The molecule has 184 valence electrons. The molecule has 1 aromatic heterocycles. The van der Waals surface area contributed by atoms with E-state index in [0.29, 0.717) is 22.9 Å². The number of thiophene rings is 1. The number of likely N-dealkylation sites (tertiary alicyclic amines) is 1. The number of benzene rings is 2. The van der Waals surface area contributed by atoms with E-state index in [2.05, 4.69) is 0 Å². The van der Waals surface area contributed by atoms with Crippen LogP contribution in [-0.4, -0.2) is 44.2 Å². The lowest BCUT2D eigenvalue weighted by Crippen LogP contribution is -2.63. The van der Waals surface area contributed by atoms with Crippen LogP contribution in [0.2, 0.25) is 5.02 Å². The topological polar surface area (TPSA) is 63.7 Å². The van der Waals surface area contributed by atoms with Crippen LogP contribution in [0.3, 0.4) is 0 Å². The lowest BCUT2D eigenvalue weighted by atomic mass is 9.68. The molecule has 0 spiro atoms. The zero-order chi connectivity index (χ0) is 25.0. The van der Waals surface area contributed by atoms with Gasteiger partial charge in [-0.2, -0.15) is 0 Å². The number of piperidine rings is 1. The molecule has 2 atom stereocenters. The van der Waals surface area contributed by atoms with Gasteiger partial charge in [0.25, 0.3) is 5.91 Å². The van der Waals surface area contributed by atoms with E-state index in [4.69, 9.17) is 16.3 Å². The molecule has 1 fully saturated rings. The van der Waals surface area contributed by atoms with Crippen LogP contribution in [0.1, 0.15) is 33.6 Å². The molecule has 0 unspecified atom stereocenters. The maximum Gasteiger partial charge on any atom is 0.264 e. The number of aryl methyl sites for hydroxylation is 1. The van der Waals surface area contributed by atoms with Crippen molar-refractivity contribution in [2.75, 3.05) is 18.9 Å². The average molecular weight is 538 g/mol. The highest BCUT2D eigenvalue weighted by atomic mass is 35.5. The summed E-state index contributed by atoms with van der Waals surface area (Å²) in [4.78, 5) is 15.7. The van der Waals surface area contributed by atoms with E-state index in [9.17, 15) is 17.6 Å². The Morgan fingerprint density at radius 3 is 2.57 bits per heavy atom. The third kappa shape index (κ3) is 4.03. The van der Waals surface area contributed by atoms with Gasteiger partial charge >= 0.3 is 0 Å². The maximum atomic E-state index is 15.4. The van der Waals surface area contributed by atoms with Crippen molar-refractivity contribution < 1.29 is 26.7 Å². The van der Waals surface area contributed by atoms with Gasteiger partial charge in [-0.15, -0.1) is 11.3 Å².